The predicted molar refractivity (Wildman–Crippen MR) is 83.7 cm³/mol. The first-order valence-electron chi connectivity index (χ1n) is 6.40. The molecule has 1 heterocycles. The summed E-state index contributed by atoms with van der Waals surface area (Å²) in [6.07, 6.45) is 0. The van der Waals surface area contributed by atoms with Crippen LogP contribution in [0.1, 0.15) is 11.1 Å². The van der Waals surface area contributed by atoms with E-state index in [0.29, 0.717) is 5.15 Å². The Morgan fingerprint density at radius 2 is 1.70 bits per heavy atom. The molecule has 0 radical (unpaired) electrons. The van der Waals surface area contributed by atoms with Crippen molar-refractivity contribution in [2.75, 3.05) is 5.32 Å². The summed E-state index contributed by atoms with van der Waals surface area (Å²) in [5, 5.41) is 13.8. The lowest BCUT2D eigenvalue weighted by molar-refractivity contribution is 1.05. The summed E-state index contributed by atoms with van der Waals surface area (Å²) in [6, 6.07) is 14.1. The lowest BCUT2D eigenvalue weighted by Crippen LogP contribution is -1.99. The van der Waals surface area contributed by atoms with Crippen molar-refractivity contribution in [2.45, 2.75) is 13.8 Å². The highest BCUT2D eigenvalue weighted by Gasteiger charge is 2.08. The molecule has 0 aliphatic rings. The van der Waals surface area contributed by atoms with E-state index in [1.807, 2.05) is 24.3 Å². The molecule has 0 atom stereocenters. The minimum absolute atomic E-state index is 0.423. The zero-order valence-electron chi connectivity index (χ0n) is 11.3. The highest BCUT2D eigenvalue weighted by atomic mass is 35.5. The summed E-state index contributed by atoms with van der Waals surface area (Å²) in [5.41, 5.74) is 3.40. The molecule has 100 valence electrons. The number of benzene rings is 2. The summed E-state index contributed by atoms with van der Waals surface area (Å²) in [7, 11) is 0. The largest absolute Gasteiger partial charge is 0.338 e. The zero-order chi connectivity index (χ0) is 14.1. The molecule has 3 nitrogen and oxygen atoms in total. The Morgan fingerprint density at radius 1 is 0.950 bits per heavy atom. The molecule has 4 heteroatoms. The number of anilines is 2. The maximum absolute atomic E-state index is 6.09. The molecule has 0 fully saturated rings. The second-order valence-corrected chi connectivity index (χ2v) is 5.19. The SMILES string of the molecule is Cc1ccc(C)c(Nc2nnc(Cl)c3ccccc23)c1. The fourth-order valence-corrected chi connectivity index (χ4v) is 2.36. The number of nitrogens with zero attached hydrogens (tertiary/aromatic N) is 2. The van der Waals surface area contributed by atoms with Gasteiger partial charge >= 0.3 is 0 Å². The summed E-state index contributed by atoms with van der Waals surface area (Å²) in [6.45, 7) is 4.13. The molecule has 0 aliphatic carbocycles. The van der Waals surface area contributed by atoms with E-state index >= 15 is 0 Å². The number of fused-ring (bicyclic) bond motifs is 1. The number of aromatic nitrogens is 2. The average molecular weight is 284 g/mol. The molecule has 3 rings (SSSR count). The van der Waals surface area contributed by atoms with Gasteiger partial charge in [0.1, 0.15) is 0 Å². The smallest absolute Gasteiger partial charge is 0.161 e. The van der Waals surface area contributed by atoms with Crippen LogP contribution in [0, 0.1) is 13.8 Å². The van der Waals surface area contributed by atoms with Gasteiger partial charge in [-0.1, -0.05) is 48.0 Å². The van der Waals surface area contributed by atoms with Gasteiger partial charge in [0.25, 0.3) is 0 Å². The van der Waals surface area contributed by atoms with E-state index in [-0.39, 0.29) is 0 Å². The zero-order valence-corrected chi connectivity index (χ0v) is 12.1. The molecular weight excluding hydrogens is 270 g/mol. The maximum Gasteiger partial charge on any atom is 0.161 e. The van der Waals surface area contributed by atoms with Crippen molar-refractivity contribution >= 4 is 33.9 Å². The molecule has 1 aromatic heterocycles. The molecule has 0 bridgehead atoms. The summed E-state index contributed by atoms with van der Waals surface area (Å²) in [5.74, 6) is 0.721. The fraction of sp³-hybridized carbons (Fsp3) is 0.125. The van der Waals surface area contributed by atoms with Crippen LogP contribution < -0.4 is 5.32 Å². The van der Waals surface area contributed by atoms with Crippen molar-refractivity contribution in [3.63, 3.8) is 0 Å². The molecule has 0 amide bonds. The Balaban J connectivity index is 2.11. The van der Waals surface area contributed by atoms with Gasteiger partial charge in [0, 0.05) is 16.5 Å². The lowest BCUT2D eigenvalue weighted by atomic mass is 10.1. The van der Waals surface area contributed by atoms with Crippen LogP contribution >= 0.6 is 11.6 Å². The molecular formula is C16H14ClN3. The quantitative estimate of drug-likeness (QED) is 0.744. The third kappa shape index (κ3) is 2.32. The fourth-order valence-electron chi connectivity index (χ4n) is 2.16. The van der Waals surface area contributed by atoms with Crippen LogP contribution in [-0.4, -0.2) is 10.2 Å². The topological polar surface area (TPSA) is 37.8 Å². The van der Waals surface area contributed by atoms with Gasteiger partial charge in [-0.3, -0.25) is 0 Å². The molecule has 2 aromatic carbocycles. The Morgan fingerprint density at radius 3 is 2.50 bits per heavy atom. The first-order valence-corrected chi connectivity index (χ1v) is 6.78. The van der Waals surface area contributed by atoms with Crippen LogP contribution in [0.25, 0.3) is 10.8 Å². The van der Waals surface area contributed by atoms with Crippen LogP contribution in [0.2, 0.25) is 5.15 Å². The highest BCUT2D eigenvalue weighted by molar-refractivity contribution is 6.34. The summed E-state index contributed by atoms with van der Waals surface area (Å²) in [4.78, 5) is 0. The van der Waals surface area contributed by atoms with Crippen molar-refractivity contribution in [1.82, 2.24) is 10.2 Å². The van der Waals surface area contributed by atoms with Gasteiger partial charge in [-0.25, -0.2) is 0 Å². The van der Waals surface area contributed by atoms with E-state index in [2.05, 4.69) is 47.6 Å². The average Bonchev–Trinajstić information content (AvgIpc) is 2.46. The van der Waals surface area contributed by atoms with Gasteiger partial charge < -0.3 is 5.32 Å². The van der Waals surface area contributed by atoms with E-state index in [1.165, 1.54) is 5.56 Å². The number of aryl methyl sites for hydroxylation is 2. The Labute approximate surface area is 122 Å². The van der Waals surface area contributed by atoms with E-state index in [9.17, 15) is 0 Å². The van der Waals surface area contributed by atoms with E-state index in [1.54, 1.807) is 0 Å². The summed E-state index contributed by atoms with van der Waals surface area (Å²) < 4.78 is 0. The number of nitrogens with one attached hydrogen (secondary N) is 1. The third-order valence-electron chi connectivity index (χ3n) is 3.29. The van der Waals surface area contributed by atoms with Crippen LogP contribution in [0.3, 0.4) is 0 Å². The molecule has 0 unspecified atom stereocenters. The second kappa shape index (κ2) is 5.10. The number of rotatable bonds is 2. The second-order valence-electron chi connectivity index (χ2n) is 4.83. The number of hydrogen-bond acceptors (Lipinski definition) is 3. The van der Waals surface area contributed by atoms with E-state index in [0.717, 1.165) is 27.8 Å². The lowest BCUT2D eigenvalue weighted by Gasteiger charge is -2.11. The molecule has 3 aromatic rings. The normalized spacial score (nSPS) is 10.8. The van der Waals surface area contributed by atoms with Crippen molar-refractivity contribution in [2.24, 2.45) is 0 Å². The molecule has 0 saturated carbocycles. The molecule has 1 N–H and O–H groups in total. The third-order valence-corrected chi connectivity index (χ3v) is 3.57. The van der Waals surface area contributed by atoms with Crippen LogP contribution in [0.4, 0.5) is 11.5 Å². The Kier molecular flexibility index (Phi) is 3.28. The molecule has 0 aliphatic heterocycles. The van der Waals surface area contributed by atoms with Crippen LogP contribution in [0.15, 0.2) is 42.5 Å². The van der Waals surface area contributed by atoms with Crippen LogP contribution in [0.5, 0.6) is 0 Å². The van der Waals surface area contributed by atoms with Crippen molar-refractivity contribution < 1.29 is 0 Å². The van der Waals surface area contributed by atoms with Gasteiger partial charge in [0.05, 0.1) is 0 Å². The Bertz CT molecular complexity index is 784. The minimum Gasteiger partial charge on any atom is -0.338 e. The maximum atomic E-state index is 6.09. The molecule has 0 spiro atoms. The first-order chi connectivity index (χ1) is 9.65. The highest BCUT2D eigenvalue weighted by Crippen LogP contribution is 2.29. The monoisotopic (exact) mass is 283 g/mol. The van der Waals surface area contributed by atoms with Gasteiger partial charge in [-0.15, -0.1) is 10.2 Å². The molecule has 0 saturated heterocycles. The van der Waals surface area contributed by atoms with Gasteiger partial charge in [0.2, 0.25) is 0 Å². The Hall–Kier alpha value is -2.13. The van der Waals surface area contributed by atoms with Crippen LogP contribution in [-0.2, 0) is 0 Å². The van der Waals surface area contributed by atoms with Gasteiger partial charge in [-0.2, -0.15) is 0 Å². The molecule has 20 heavy (non-hydrogen) atoms. The summed E-state index contributed by atoms with van der Waals surface area (Å²) >= 11 is 6.09. The van der Waals surface area contributed by atoms with Crippen molar-refractivity contribution in [1.29, 1.82) is 0 Å². The van der Waals surface area contributed by atoms with Crippen molar-refractivity contribution in [3.05, 3.63) is 58.7 Å². The van der Waals surface area contributed by atoms with E-state index in [4.69, 9.17) is 11.6 Å². The van der Waals surface area contributed by atoms with Gasteiger partial charge in [-0.05, 0) is 31.0 Å². The van der Waals surface area contributed by atoms with Crippen molar-refractivity contribution in [3.8, 4) is 0 Å². The standard InChI is InChI=1S/C16H14ClN3/c1-10-7-8-11(2)14(9-10)18-16-13-6-4-3-5-12(13)15(17)19-20-16/h3-9H,1-2H3,(H,18,20). The van der Waals surface area contributed by atoms with Gasteiger partial charge in [0.15, 0.2) is 11.0 Å². The predicted octanol–water partition coefficient (Wildman–Crippen LogP) is 4.64. The minimum atomic E-state index is 0.423. The number of hydrogen-bond donors (Lipinski definition) is 1. The van der Waals surface area contributed by atoms with E-state index < -0.39 is 0 Å². The number of halogens is 1. The first kappa shape index (κ1) is 12.9.